The molecule has 25 heavy (non-hydrogen) atoms. The summed E-state index contributed by atoms with van der Waals surface area (Å²) in [5.74, 6) is -1.81. The Bertz CT molecular complexity index is 748. The van der Waals surface area contributed by atoms with Crippen molar-refractivity contribution in [3.05, 3.63) is 59.7 Å². The first kappa shape index (κ1) is 18.4. The van der Waals surface area contributed by atoms with Gasteiger partial charge >= 0.3 is 0 Å². The maximum atomic E-state index is 13.1. The van der Waals surface area contributed by atoms with Crippen molar-refractivity contribution < 1.29 is 23.1 Å². The molecule has 0 radical (unpaired) electrons. The quantitative estimate of drug-likeness (QED) is 0.612. The molecule has 1 atom stereocenters. The third-order valence-corrected chi connectivity index (χ3v) is 3.17. The Labute approximate surface area is 144 Å². The molecule has 5 nitrogen and oxygen atoms in total. The zero-order chi connectivity index (χ0) is 18.2. The van der Waals surface area contributed by atoms with Gasteiger partial charge in [-0.2, -0.15) is 0 Å². The van der Waals surface area contributed by atoms with Crippen molar-refractivity contribution in [1.29, 1.82) is 0 Å². The molecule has 2 rings (SSSR count). The van der Waals surface area contributed by atoms with Crippen LogP contribution in [0.1, 0.15) is 19.4 Å². The molecule has 7 heteroatoms. The highest BCUT2D eigenvalue weighted by atomic mass is 19.2. The number of ether oxygens (including phenoxy) is 1. The second kappa shape index (κ2) is 8.77. The lowest BCUT2D eigenvalue weighted by Gasteiger charge is -2.10. The first-order chi connectivity index (χ1) is 12.0. The van der Waals surface area contributed by atoms with Gasteiger partial charge in [-0.25, -0.2) is 8.78 Å². The maximum absolute atomic E-state index is 13.1. The predicted molar refractivity (Wildman–Crippen MR) is 90.7 cm³/mol. The Morgan fingerprint density at radius 2 is 1.92 bits per heavy atom. The second-order valence-corrected chi connectivity index (χ2v) is 5.10. The summed E-state index contributed by atoms with van der Waals surface area (Å²) in [7, 11) is 0. The van der Waals surface area contributed by atoms with Crippen LogP contribution in [0.5, 0.6) is 5.75 Å². The van der Waals surface area contributed by atoms with E-state index in [9.17, 15) is 13.6 Å². The molecule has 0 spiro atoms. The number of halogens is 2. The number of hydrogen-bond donors (Lipinski definition) is 1. The van der Waals surface area contributed by atoms with E-state index < -0.39 is 23.6 Å². The lowest BCUT2D eigenvalue weighted by Crippen LogP contribution is -2.26. The molecule has 0 aliphatic heterocycles. The Balaban J connectivity index is 1.86. The van der Waals surface area contributed by atoms with Crippen molar-refractivity contribution in [3.8, 4) is 5.75 Å². The first-order valence-electron chi connectivity index (χ1n) is 7.67. The summed E-state index contributed by atoms with van der Waals surface area (Å²) in [5.41, 5.74) is 0.909. The van der Waals surface area contributed by atoms with Gasteiger partial charge in [0.1, 0.15) is 5.75 Å². The number of carbonyl (C=O) groups excluding carboxylic acids is 1. The molecular formula is C18H18F2N2O3. The predicted octanol–water partition coefficient (Wildman–Crippen LogP) is 3.74. The molecular weight excluding hydrogens is 330 g/mol. The highest BCUT2D eigenvalue weighted by Crippen LogP contribution is 2.14. The van der Waals surface area contributed by atoms with Crippen molar-refractivity contribution in [1.82, 2.24) is 0 Å². The summed E-state index contributed by atoms with van der Waals surface area (Å²) >= 11 is 0. The van der Waals surface area contributed by atoms with Gasteiger partial charge in [0.05, 0.1) is 12.8 Å². The van der Waals surface area contributed by atoms with Crippen LogP contribution < -0.4 is 10.1 Å². The molecule has 0 saturated carbocycles. The zero-order valence-corrected chi connectivity index (χ0v) is 13.8. The van der Waals surface area contributed by atoms with Crippen LogP contribution in [0.2, 0.25) is 0 Å². The molecule has 1 amide bonds. The van der Waals surface area contributed by atoms with Crippen molar-refractivity contribution in [2.24, 2.45) is 5.16 Å². The summed E-state index contributed by atoms with van der Waals surface area (Å²) in [6.45, 7) is 3.97. The van der Waals surface area contributed by atoms with Gasteiger partial charge in [0.2, 0.25) is 6.10 Å². The SMILES string of the molecule is CCOc1ccc(/C=N\O[C@H](C)C(=O)Nc2ccc(F)c(F)c2)cc1. The molecule has 2 aromatic rings. The molecule has 1 N–H and O–H groups in total. The Morgan fingerprint density at radius 1 is 1.20 bits per heavy atom. The number of anilines is 1. The average molecular weight is 348 g/mol. The van der Waals surface area contributed by atoms with Crippen LogP contribution in [0.4, 0.5) is 14.5 Å². The van der Waals surface area contributed by atoms with E-state index in [2.05, 4.69) is 10.5 Å². The highest BCUT2D eigenvalue weighted by Gasteiger charge is 2.15. The van der Waals surface area contributed by atoms with Crippen LogP contribution in [0.15, 0.2) is 47.6 Å². The van der Waals surface area contributed by atoms with Gasteiger partial charge in [0.15, 0.2) is 11.6 Å². The number of nitrogens with one attached hydrogen (secondary N) is 1. The van der Waals surface area contributed by atoms with E-state index in [0.29, 0.717) is 6.61 Å². The summed E-state index contributed by atoms with van der Waals surface area (Å²) in [4.78, 5) is 17.0. The van der Waals surface area contributed by atoms with Gasteiger partial charge in [-0.3, -0.25) is 4.79 Å². The second-order valence-electron chi connectivity index (χ2n) is 5.10. The molecule has 0 aromatic heterocycles. The van der Waals surface area contributed by atoms with Crippen molar-refractivity contribution >= 4 is 17.8 Å². The van der Waals surface area contributed by atoms with E-state index >= 15 is 0 Å². The van der Waals surface area contributed by atoms with Gasteiger partial charge < -0.3 is 14.9 Å². The van der Waals surface area contributed by atoms with Gasteiger partial charge in [0, 0.05) is 11.8 Å². The van der Waals surface area contributed by atoms with Crippen LogP contribution in [-0.2, 0) is 9.63 Å². The maximum Gasteiger partial charge on any atom is 0.267 e. The summed E-state index contributed by atoms with van der Waals surface area (Å²) < 4.78 is 31.3. The van der Waals surface area contributed by atoms with Crippen LogP contribution in [0, 0.1) is 11.6 Å². The van der Waals surface area contributed by atoms with E-state index in [1.165, 1.54) is 19.2 Å². The van der Waals surface area contributed by atoms with Crippen LogP contribution >= 0.6 is 0 Å². The molecule has 0 fully saturated rings. The van der Waals surface area contributed by atoms with Gasteiger partial charge in [-0.1, -0.05) is 5.16 Å². The number of carbonyl (C=O) groups is 1. The van der Waals surface area contributed by atoms with E-state index in [1.54, 1.807) is 24.3 Å². The third kappa shape index (κ3) is 5.56. The number of nitrogens with zero attached hydrogens (tertiary/aromatic N) is 1. The van der Waals surface area contributed by atoms with E-state index in [1.807, 2.05) is 6.92 Å². The topological polar surface area (TPSA) is 59.9 Å². The van der Waals surface area contributed by atoms with Gasteiger partial charge in [0.25, 0.3) is 5.91 Å². The largest absolute Gasteiger partial charge is 0.494 e. The summed E-state index contributed by atoms with van der Waals surface area (Å²) in [5, 5.41) is 6.17. The van der Waals surface area contributed by atoms with Crippen molar-refractivity contribution in [2.75, 3.05) is 11.9 Å². The Hall–Kier alpha value is -2.96. The Morgan fingerprint density at radius 3 is 2.56 bits per heavy atom. The highest BCUT2D eigenvalue weighted by molar-refractivity contribution is 5.93. The summed E-state index contributed by atoms with van der Waals surface area (Å²) in [6.07, 6.45) is 0.545. The van der Waals surface area contributed by atoms with Crippen LogP contribution in [-0.4, -0.2) is 24.8 Å². The number of amides is 1. The minimum Gasteiger partial charge on any atom is -0.494 e. The number of rotatable bonds is 7. The van der Waals surface area contributed by atoms with Crippen LogP contribution in [0.3, 0.4) is 0 Å². The average Bonchev–Trinajstić information content (AvgIpc) is 2.60. The molecule has 0 heterocycles. The lowest BCUT2D eigenvalue weighted by atomic mass is 10.2. The fourth-order valence-corrected chi connectivity index (χ4v) is 1.87. The monoisotopic (exact) mass is 348 g/mol. The van der Waals surface area contributed by atoms with E-state index in [4.69, 9.17) is 9.57 Å². The normalized spacial score (nSPS) is 12.0. The van der Waals surface area contributed by atoms with Gasteiger partial charge in [-0.05, 0) is 55.8 Å². The molecule has 0 saturated heterocycles. The minimum atomic E-state index is -1.04. The van der Waals surface area contributed by atoms with Crippen LogP contribution in [0.25, 0.3) is 0 Å². The smallest absolute Gasteiger partial charge is 0.267 e. The summed E-state index contributed by atoms with van der Waals surface area (Å²) in [6, 6.07) is 10.3. The van der Waals surface area contributed by atoms with Gasteiger partial charge in [-0.15, -0.1) is 0 Å². The molecule has 0 unspecified atom stereocenters. The standard InChI is InChI=1S/C18H18F2N2O3/c1-3-24-15-7-4-13(5-8-15)11-21-25-12(2)18(23)22-14-6-9-16(19)17(20)10-14/h4-12H,3H2,1-2H3,(H,22,23)/b21-11-/t12-/m1/s1. The third-order valence-electron chi connectivity index (χ3n) is 3.17. The fourth-order valence-electron chi connectivity index (χ4n) is 1.87. The number of benzene rings is 2. The number of hydrogen-bond acceptors (Lipinski definition) is 4. The fraction of sp³-hybridized carbons (Fsp3) is 0.222. The van der Waals surface area contributed by atoms with E-state index in [-0.39, 0.29) is 5.69 Å². The zero-order valence-electron chi connectivity index (χ0n) is 13.8. The van der Waals surface area contributed by atoms with Crippen molar-refractivity contribution in [3.63, 3.8) is 0 Å². The Kier molecular flexibility index (Phi) is 6.45. The first-order valence-corrected chi connectivity index (χ1v) is 7.67. The molecule has 0 aliphatic carbocycles. The molecule has 0 bridgehead atoms. The minimum absolute atomic E-state index is 0.134. The lowest BCUT2D eigenvalue weighted by molar-refractivity contribution is -0.126. The van der Waals surface area contributed by atoms with Crippen molar-refractivity contribution in [2.45, 2.75) is 20.0 Å². The number of oxime groups is 1. The van der Waals surface area contributed by atoms with E-state index in [0.717, 1.165) is 23.4 Å². The molecule has 132 valence electrons. The molecule has 2 aromatic carbocycles. The molecule has 0 aliphatic rings.